The van der Waals surface area contributed by atoms with Crippen molar-refractivity contribution in [3.8, 4) is 5.75 Å². The maximum Gasteiger partial charge on any atom is 0.310 e. The monoisotopic (exact) mass is 385 g/mol. The first-order chi connectivity index (χ1) is 13.5. The first-order valence-electron chi connectivity index (χ1n) is 9.58. The minimum Gasteiger partial charge on any atom is -0.497 e. The van der Waals surface area contributed by atoms with Crippen LogP contribution in [0.4, 0.5) is 0 Å². The van der Waals surface area contributed by atoms with E-state index >= 15 is 0 Å². The fourth-order valence-electron chi connectivity index (χ4n) is 3.54. The smallest absolute Gasteiger partial charge is 0.310 e. The highest BCUT2D eigenvalue weighted by molar-refractivity contribution is 5.99. The summed E-state index contributed by atoms with van der Waals surface area (Å²) in [6.45, 7) is 5.21. The van der Waals surface area contributed by atoms with Gasteiger partial charge in [-0.2, -0.15) is 0 Å². The molecular formula is C22H27NO5. The van der Waals surface area contributed by atoms with Crippen LogP contribution in [-0.2, 0) is 27.2 Å². The van der Waals surface area contributed by atoms with Crippen molar-refractivity contribution in [1.82, 2.24) is 4.57 Å². The van der Waals surface area contributed by atoms with Gasteiger partial charge in [-0.25, -0.2) is 0 Å². The Labute approximate surface area is 165 Å². The molecule has 0 saturated carbocycles. The second kappa shape index (κ2) is 9.06. The first kappa shape index (κ1) is 20.1. The molecule has 0 N–H and O–H groups in total. The van der Waals surface area contributed by atoms with Gasteiger partial charge in [-0.05, 0) is 50.5 Å². The predicted octanol–water partition coefficient (Wildman–Crippen LogP) is 3.26. The zero-order valence-electron chi connectivity index (χ0n) is 16.7. The van der Waals surface area contributed by atoms with E-state index in [1.54, 1.807) is 31.4 Å². The minimum absolute atomic E-state index is 0.120. The second-order valence-electron chi connectivity index (χ2n) is 7.14. The Balaban J connectivity index is 1.55. The third-order valence-corrected chi connectivity index (χ3v) is 5.16. The Morgan fingerprint density at radius 3 is 2.61 bits per heavy atom. The van der Waals surface area contributed by atoms with Crippen molar-refractivity contribution in [2.45, 2.75) is 45.8 Å². The Kier molecular flexibility index (Phi) is 6.52. The fraction of sp³-hybridized carbons (Fsp3) is 0.455. The normalized spacial score (nSPS) is 16.2. The van der Waals surface area contributed by atoms with Crippen LogP contribution in [0.15, 0.2) is 30.3 Å². The number of hydrogen-bond acceptors (Lipinski definition) is 5. The van der Waals surface area contributed by atoms with E-state index in [1.807, 2.05) is 19.9 Å². The standard InChI is InChI=1S/C22H27NO5/c1-15-11-20(16(2)23(15)13-19-5-4-10-27-19)21(24)14-28-22(25)12-17-6-8-18(26-3)9-7-17/h6-9,11,19H,4-5,10,12-14H2,1-3H3. The molecule has 150 valence electrons. The van der Waals surface area contributed by atoms with E-state index < -0.39 is 5.97 Å². The van der Waals surface area contributed by atoms with E-state index in [-0.39, 0.29) is 24.9 Å². The van der Waals surface area contributed by atoms with Crippen molar-refractivity contribution in [3.63, 3.8) is 0 Å². The zero-order chi connectivity index (χ0) is 20.1. The van der Waals surface area contributed by atoms with Crippen LogP contribution < -0.4 is 4.74 Å². The summed E-state index contributed by atoms with van der Waals surface area (Å²) in [7, 11) is 1.59. The highest BCUT2D eigenvalue weighted by Crippen LogP contribution is 2.21. The summed E-state index contributed by atoms with van der Waals surface area (Å²) in [6, 6.07) is 9.05. The molecule has 1 atom stereocenters. The summed E-state index contributed by atoms with van der Waals surface area (Å²) in [4.78, 5) is 24.6. The quantitative estimate of drug-likeness (QED) is 0.515. The molecule has 6 nitrogen and oxygen atoms in total. The van der Waals surface area contributed by atoms with E-state index in [2.05, 4.69) is 4.57 Å². The summed E-state index contributed by atoms with van der Waals surface area (Å²) in [5, 5.41) is 0. The Hall–Kier alpha value is -2.60. The summed E-state index contributed by atoms with van der Waals surface area (Å²) < 4.78 is 18.1. The molecule has 1 aliphatic rings. The molecule has 0 bridgehead atoms. The minimum atomic E-state index is -0.424. The molecule has 1 aromatic carbocycles. The number of esters is 1. The SMILES string of the molecule is COc1ccc(CC(=O)OCC(=O)c2cc(C)n(CC3CCCO3)c2C)cc1. The zero-order valence-corrected chi connectivity index (χ0v) is 16.7. The second-order valence-corrected chi connectivity index (χ2v) is 7.14. The van der Waals surface area contributed by atoms with Gasteiger partial charge in [0.05, 0.1) is 19.6 Å². The molecule has 0 spiro atoms. The van der Waals surface area contributed by atoms with Crippen LogP contribution in [0.25, 0.3) is 0 Å². The van der Waals surface area contributed by atoms with Crippen molar-refractivity contribution >= 4 is 11.8 Å². The number of methoxy groups -OCH3 is 1. The highest BCUT2D eigenvalue weighted by Gasteiger charge is 2.21. The van der Waals surface area contributed by atoms with Crippen LogP contribution in [0.2, 0.25) is 0 Å². The van der Waals surface area contributed by atoms with Crippen molar-refractivity contribution in [2.75, 3.05) is 20.3 Å². The summed E-state index contributed by atoms with van der Waals surface area (Å²) >= 11 is 0. The predicted molar refractivity (Wildman–Crippen MR) is 105 cm³/mol. The van der Waals surface area contributed by atoms with Crippen LogP contribution in [0.1, 0.15) is 40.2 Å². The number of carbonyl (C=O) groups is 2. The van der Waals surface area contributed by atoms with Crippen molar-refractivity contribution < 1.29 is 23.8 Å². The number of rotatable bonds is 8. The first-order valence-corrected chi connectivity index (χ1v) is 9.58. The number of benzene rings is 1. The Bertz CT molecular complexity index is 831. The van der Waals surface area contributed by atoms with E-state index in [9.17, 15) is 9.59 Å². The lowest BCUT2D eigenvalue weighted by atomic mass is 10.1. The van der Waals surface area contributed by atoms with Crippen LogP contribution >= 0.6 is 0 Å². The fourth-order valence-corrected chi connectivity index (χ4v) is 3.54. The number of aryl methyl sites for hydroxylation is 1. The summed E-state index contributed by atoms with van der Waals surface area (Å²) in [6.07, 6.45) is 2.45. The molecule has 0 amide bonds. The van der Waals surface area contributed by atoms with Gasteiger partial charge >= 0.3 is 5.97 Å². The molecule has 1 fully saturated rings. The van der Waals surface area contributed by atoms with Crippen LogP contribution in [0.3, 0.4) is 0 Å². The van der Waals surface area contributed by atoms with Gasteiger partial charge in [0.2, 0.25) is 5.78 Å². The summed E-state index contributed by atoms with van der Waals surface area (Å²) in [5.41, 5.74) is 3.32. The number of carbonyl (C=O) groups excluding carboxylic acids is 2. The van der Waals surface area contributed by atoms with E-state index in [1.165, 1.54) is 0 Å². The number of nitrogens with zero attached hydrogens (tertiary/aromatic N) is 1. The van der Waals surface area contributed by atoms with Gasteiger partial charge in [0.1, 0.15) is 5.75 Å². The number of hydrogen-bond donors (Lipinski definition) is 0. The van der Waals surface area contributed by atoms with Gasteiger partial charge in [0.15, 0.2) is 6.61 Å². The van der Waals surface area contributed by atoms with Gasteiger partial charge in [0.25, 0.3) is 0 Å². The number of aromatic nitrogens is 1. The molecule has 0 aliphatic carbocycles. The number of ketones is 1. The van der Waals surface area contributed by atoms with Crippen molar-refractivity contribution in [1.29, 1.82) is 0 Å². The third-order valence-electron chi connectivity index (χ3n) is 5.16. The third kappa shape index (κ3) is 4.81. The molecule has 1 unspecified atom stereocenters. The molecule has 2 heterocycles. The lowest BCUT2D eigenvalue weighted by Gasteiger charge is -2.14. The molecule has 1 aromatic heterocycles. The topological polar surface area (TPSA) is 66.8 Å². The van der Waals surface area contributed by atoms with Gasteiger partial charge in [-0.1, -0.05) is 12.1 Å². The van der Waals surface area contributed by atoms with Crippen LogP contribution in [-0.4, -0.2) is 42.7 Å². The number of ether oxygens (including phenoxy) is 3. The van der Waals surface area contributed by atoms with Gasteiger partial charge < -0.3 is 18.8 Å². The van der Waals surface area contributed by atoms with Gasteiger partial charge in [0, 0.05) is 30.1 Å². The van der Waals surface area contributed by atoms with Crippen molar-refractivity contribution in [3.05, 3.63) is 52.8 Å². The Morgan fingerprint density at radius 1 is 1.21 bits per heavy atom. The lowest BCUT2D eigenvalue weighted by molar-refractivity contribution is -0.141. The largest absolute Gasteiger partial charge is 0.497 e. The lowest BCUT2D eigenvalue weighted by Crippen LogP contribution is -2.18. The van der Waals surface area contributed by atoms with Gasteiger partial charge in [-0.3, -0.25) is 9.59 Å². The molecule has 0 radical (unpaired) electrons. The van der Waals surface area contributed by atoms with Gasteiger partial charge in [-0.15, -0.1) is 0 Å². The molecule has 2 aromatic rings. The van der Waals surface area contributed by atoms with Crippen LogP contribution in [0.5, 0.6) is 5.75 Å². The molecule has 6 heteroatoms. The molecule has 3 rings (SSSR count). The Morgan fingerprint density at radius 2 is 1.96 bits per heavy atom. The van der Waals surface area contributed by atoms with E-state index in [0.29, 0.717) is 5.56 Å². The summed E-state index contributed by atoms with van der Waals surface area (Å²) in [5.74, 6) is 0.118. The maximum atomic E-state index is 12.6. The number of Topliss-reactive ketones (excluding diaryl/α,β-unsaturated/α-hetero) is 1. The molecule has 28 heavy (non-hydrogen) atoms. The van der Waals surface area contributed by atoms with Crippen molar-refractivity contribution in [2.24, 2.45) is 0 Å². The van der Waals surface area contributed by atoms with E-state index in [0.717, 1.165) is 48.7 Å². The molecule has 1 saturated heterocycles. The average Bonchev–Trinajstić information content (AvgIpc) is 3.30. The molecular weight excluding hydrogens is 358 g/mol. The highest BCUT2D eigenvalue weighted by atomic mass is 16.5. The van der Waals surface area contributed by atoms with Crippen LogP contribution in [0, 0.1) is 13.8 Å². The molecule has 1 aliphatic heterocycles. The van der Waals surface area contributed by atoms with E-state index in [4.69, 9.17) is 14.2 Å². The maximum absolute atomic E-state index is 12.6. The average molecular weight is 385 g/mol.